The number of carboxylic acid groups (broad SMARTS) is 1. The molecule has 0 spiro atoms. The normalized spacial score (nSPS) is 14.8. The highest BCUT2D eigenvalue weighted by atomic mass is 16.4. The van der Waals surface area contributed by atoms with Gasteiger partial charge in [-0.15, -0.1) is 0 Å². The number of carbonyl (C=O) groups is 4. The van der Waals surface area contributed by atoms with E-state index >= 15 is 0 Å². The van der Waals surface area contributed by atoms with Crippen molar-refractivity contribution in [2.24, 2.45) is 23.7 Å². The summed E-state index contributed by atoms with van der Waals surface area (Å²) in [7, 11) is 0. The monoisotopic (exact) mass is 505 g/mol. The van der Waals surface area contributed by atoms with Crippen LogP contribution in [0.3, 0.4) is 0 Å². The Labute approximate surface area is 214 Å². The summed E-state index contributed by atoms with van der Waals surface area (Å²) in [5, 5.41) is 28.4. The number of amides is 3. The SMILES string of the molecule is CC(C)CNC(=O)[C@H](C)C[C@H](O)[C@H](CC(C)C)NC(=O)c1cccc(C(=O)NC(C(=O)O)C(C)C)c1. The number of hydrogen-bond acceptors (Lipinski definition) is 5. The van der Waals surface area contributed by atoms with Crippen molar-refractivity contribution in [3.05, 3.63) is 35.4 Å². The zero-order valence-electron chi connectivity index (χ0n) is 22.5. The van der Waals surface area contributed by atoms with Crippen molar-refractivity contribution in [3.63, 3.8) is 0 Å². The van der Waals surface area contributed by atoms with Crippen molar-refractivity contribution >= 4 is 23.7 Å². The number of rotatable bonds is 14. The van der Waals surface area contributed by atoms with Crippen LogP contribution in [0.4, 0.5) is 0 Å². The second kappa shape index (κ2) is 14.6. The van der Waals surface area contributed by atoms with Gasteiger partial charge in [0.25, 0.3) is 11.8 Å². The summed E-state index contributed by atoms with van der Waals surface area (Å²) in [6, 6.07) is 4.34. The summed E-state index contributed by atoms with van der Waals surface area (Å²) in [5.74, 6) is -2.59. The van der Waals surface area contributed by atoms with E-state index in [2.05, 4.69) is 16.0 Å². The molecule has 9 heteroatoms. The van der Waals surface area contributed by atoms with E-state index in [4.69, 9.17) is 0 Å². The third-order valence-corrected chi connectivity index (χ3v) is 5.84. The first-order chi connectivity index (χ1) is 16.7. The number of aliphatic hydroxyl groups is 1. The maximum atomic E-state index is 13.0. The number of nitrogens with one attached hydrogen (secondary N) is 3. The predicted molar refractivity (Wildman–Crippen MR) is 139 cm³/mol. The third-order valence-electron chi connectivity index (χ3n) is 5.84. The molecule has 1 aromatic carbocycles. The van der Waals surface area contributed by atoms with Crippen LogP contribution in [0.5, 0.6) is 0 Å². The molecule has 36 heavy (non-hydrogen) atoms. The summed E-state index contributed by atoms with van der Waals surface area (Å²) < 4.78 is 0. The molecule has 0 aliphatic heterocycles. The third kappa shape index (κ3) is 10.4. The van der Waals surface area contributed by atoms with E-state index in [1.807, 2.05) is 27.7 Å². The molecule has 4 atom stereocenters. The van der Waals surface area contributed by atoms with Crippen LogP contribution in [0.15, 0.2) is 24.3 Å². The summed E-state index contributed by atoms with van der Waals surface area (Å²) in [4.78, 5) is 49.4. The lowest BCUT2D eigenvalue weighted by Gasteiger charge is -2.27. The molecule has 1 unspecified atom stereocenters. The van der Waals surface area contributed by atoms with Crippen LogP contribution < -0.4 is 16.0 Å². The predicted octanol–water partition coefficient (Wildman–Crippen LogP) is 2.83. The van der Waals surface area contributed by atoms with Gasteiger partial charge in [0.15, 0.2) is 0 Å². The fourth-order valence-corrected chi connectivity index (χ4v) is 3.72. The zero-order chi connectivity index (χ0) is 27.6. The minimum absolute atomic E-state index is 0.142. The fraction of sp³-hybridized carbons (Fsp3) is 0.630. The summed E-state index contributed by atoms with van der Waals surface area (Å²) in [5.41, 5.74) is 0.369. The minimum atomic E-state index is -1.13. The second-order valence-electron chi connectivity index (χ2n) is 10.7. The summed E-state index contributed by atoms with van der Waals surface area (Å²) >= 11 is 0. The highest BCUT2D eigenvalue weighted by molar-refractivity contribution is 6.00. The molecule has 5 N–H and O–H groups in total. The Morgan fingerprint density at radius 3 is 1.86 bits per heavy atom. The molecule has 0 saturated carbocycles. The van der Waals surface area contributed by atoms with E-state index in [-0.39, 0.29) is 35.3 Å². The number of benzene rings is 1. The topological polar surface area (TPSA) is 145 Å². The highest BCUT2D eigenvalue weighted by Crippen LogP contribution is 2.17. The van der Waals surface area contributed by atoms with Gasteiger partial charge in [-0.3, -0.25) is 14.4 Å². The molecule has 202 valence electrons. The average molecular weight is 506 g/mol. The lowest BCUT2D eigenvalue weighted by atomic mass is 9.92. The van der Waals surface area contributed by atoms with Crippen LogP contribution in [-0.2, 0) is 9.59 Å². The van der Waals surface area contributed by atoms with Gasteiger partial charge in [-0.2, -0.15) is 0 Å². The number of aliphatic carboxylic acids is 1. The van der Waals surface area contributed by atoms with Gasteiger partial charge < -0.3 is 26.2 Å². The molecule has 0 aliphatic rings. The zero-order valence-corrected chi connectivity index (χ0v) is 22.5. The van der Waals surface area contributed by atoms with Gasteiger partial charge in [-0.25, -0.2) is 4.79 Å². The van der Waals surface area contributed by atoms with Crippen LogP contribution >= 0.6 is 0 Å². The van der Waals surface area contributed by atoms with Crippen molar-refractivity contribution < 1.29 is 29.4 Å². The summed E-state index contributed by atoms with van der Waals surface area (Å²) in [6.45, 7) is 13.6. The van der Waals surface area contributed by atoms with Crippen LogP contribution in [-0.4, -0.2) is 58.6 Å². The van der Waals surface area contributed by atoms with Gasteiger partial charge in [0.05, 0.1) is 12.1 Å². The number of hydrogen-bond donors (Lipinski definition) is 5. The fourth-order valence-electron chi connectivity index (χ4n) is 3.72. The molecule has 0 aromatic heterocycles. The molecule has 0 bridgehead atoms. The van der Waals surface area contributed by atoms with Gasteiger partial charge in [0.2, 0.25) is 5.91 Å². The maximum Gasteiger partial charge on any atom is 0.326 e. The van der Waals surface area contributed by atoms with Crippen molar-refractivity contribution in [1.82, 2.24) is 16.0 Å². The molecular weight excluding hydrogens is 462 g/mol. The van der Waals surface area contributed by atoms with E-state index in [1.165, 1.54) is 12.1 Å². The van der Waals surface area contributed by atoms with Crippen molar-refractivity contribution in [2.75, 3.05) is 6.54 Å². The molecule has 0 heterocycles. The van der Waals surface area contributed by atoms with E-state index in [0.717, 1.165) is 0 Å². The van der Waals surface area contributed by atoms with E-state index in [1.54, 1.807) is 32.9 Å². The second-order valence-corrected chi connectivity index (χ2v) is 10.7. The minimum Gasteiger partial charge on any atom is -0.480 e. The number of carbonyl (C=O) groups excluding carboxylic acids is 3. The van der Waals surface area contributed by atoms with Crippen LogP contribution in [0, 0.1) is 23.7 Å². The van der Waals surface area contributed by atoms with Gasteiger partial charge in [0.1, 0.15) is 6.04 Å². The Morgan fingerprint density at radius 2 is 1.39 bits per heavy atom. The molecule has 1 aromatic rings. The Balaban J connectivity index is 2.95. The maximum absolute atomic E-state index is 13.0. The van der Waals surface area contributed by atoms with Gasteiger partial charge in [0, 0.05) is 23.6 Å². The van der Waals surface area contributed by atoms with Gasteiger partial charge in [-0.1, -0.05) is 54.5 Å². The number of carboxylic acids is 1. The average Bonchev–Trinajstić information content (AvgIpc) is 2.79. The van der Waals surface area contributed by atoms with Crippen molar-refractivity contribution in [2.45, 2.75) is 79.5 Å². The Morgan fingerprint density at radius 1 is 0.833 bits per heavy atom. The standard InChI is InChI=1S/C27H43N3O6/c1-15(2)11-21(22(31)12-18(7)24(32)28-14-16(3)4)29-25(33)19-9-8-10-20(13-19)26(34)30-23(17(5)6)27(35)36/h8-10,13,15-18,21-23,31H,11-12,14H2,1-7H3,(H,28,32)(H,29,33)(H,30,34)(H,35,36)/t18-,21+,22+,23?/m1/s1. The van der Waals surface area contributed by atoms with Crippen LogP contribution in [0.1, 0.15) is 82.0 Å². The molecule has 0 saturated heterocycles. The smallest absolute Gasteiger partial charge is 0.326 e. The highest BCUT2D eigenvalue weighted by Gasteiger charge is 2.28. The van der Waals surface area contributed by atoms with E-state index < -0.39 is 41.9 Å². The Hall–Kier alpha value is -2.94. The Bertz CT molecular complexity index is 899. The van der Waals surface area contributed by atoms with E-state index in [9.17, 15) is 29.4 Å². The lowest BCUT2D eigenvalue weighted by molar-refractivity contribution is -0.140. The first-order valence-electron chi connectivity index (χ1n) is 12.6. The Kier molecular flexibility index (Phi) is 12.6. The molecule has 1 rings (SSSR count). The molecule has 0 radical (unpaired) electrons. The quantitative estimate of drug-likeness (QED) is 0.263. The van der Waals surface area contributed by atoms with E-state index in [0.29, 0.717) is 18.9 Å². The largest absolute Gasteiger partial charge is 0.480 e. The van der Waals surface area contributed by atoms with Gasteiger partial charge >= 0.3 is 5.97 Å². The molecule has 3 amide bonds. The number of aliphatic hydroxyl groups excluding tert-OH is 1. The lowest BCUT2D eigenvalue weighted by Crippen LogP contribution is -2.46. The molecule has 0 fully saturated rings. The summed E-state index contributed by atoms with van der Waals surface area (Å²) in [6.07, 6.45) is -0.247. The first-order valence-corrected chi connectivity index (χ1v) is 12.6. The first kappa shape index (κ1) is 31.1. The van der Waals surface area contributed by atoms with Crippen LogP contribution in [0.25, 0.3) is 0 Å². The van der Waals surface area contributed by atoms with Crippen molar-refractivity contribution in [3.8, 4) is 0 Å². The molecular formula is C27H43N3O6. The van der Waals surface area contributed by atoms with Gasteiger partial charge in [-0.05, 0) is 48.8 Å². The molecule has 0 aliphatic carbocycles. The molecule has 9 nitrogen and oxygen atoms in total. The van der Waals surface area contributed by atoms with Crippen LogP contribution in [0.2, 0.25) is 0 Å². The van der Waals surface area contributed by atoms with Crippen molar-refractivity contribution in [1.29, 1.82) is 0 Å².